The summed E-state index contributed by atoms with van der Waals surface area (Å²) in [4.78, 5) is 30.8. The highest BCUT2D eigenvalue weighted by Gasteiger charge is 2.31. The van der Waals surface area contributed by atoms with Crippen LogP contribution in [0.25, 0.3) is 0 Å². The summed E-state index contributed by atoms with van der Waals surface area (Å²) in [6, 6.07) is 4.89. The van der Waals surface area contributed by atoms with Gasteiger partial charge in [-0.2, -0.15) is 0 Å². The van der Waals surface area contributed by atoms with Crippen LogP contribution in [0.3, 0.4) is 0 Å². The number of aryl methyl sites for hydroxylation is 1. The molecule has 0 saturated carbocycles. The van der Waals surface area contributed by atoms with Gasteiger partial charge >= 0.3 is 0 Å². The zero-order valence-corrected chi connectivity index (χ0v) is 16.8. The van der Waals surface area contributed by atoms with E-state index in [0.717, 1.165) is 0 Å². The first-order valence-electron chi connectivity index (χ1n) is 9.44. The van der Waals surface area contributed by atoms with E-state index in [2.05, 4.69) is 10.3 Å². The van der Waals surface area contributed by atoms with Crippen LogP contribution in [0.4, 0.5) is 5.69 Å². The number of hydrogen-bond donors (Lipinski definition) is 2. The van der Waals surface area contributed by atoms with Crippen molar-refractivity contribution in [3.63, 3.8) is 0 Å². The number of aliphatic hydroxyl groups is 1. The average Bonchev–Trinajstić information content (AvgIpc) is 3.13. The minimum Gasteiger partial charge on any atom is -0.385 e. The number of piperidine rings is 1. The van der Waals surface area contributed by atoms with E-state index in [1.54, 1.807) is 36.2 Å². The molecule has 1 unspecified atom stereocenters. The maximum atomic E-state index is 13.0. The summed E-state index contributed by atoms with van der Waals surface area (Å²) in [6.45, 7) is 2.82. The standard InChI is InChI=1S/C20H25ClN4O3/c1-3-17(26)23-16-12-14(21)4-5-15(16)20(28)25-9-6-13(7-10-25)18(27)19-22-8-11-24(19)2/h4-5,8,11-13,18,27H,3,6-7,9-10H2,1-2H3,(H,23,26). The van der Waals surface area contributed by atoms with Gasteiger partial charge in [0.1, 0.15) is 11.9 Å². The van der Waals surface area contributed by atoms with Gasteiger partial charge in [0.15, 0.2) is 0 Å². The summed E-state index contributed by atoms with van der Waals surface area (Å²) >= 11 is 6.04. The topological polar surface area (TPSA) is 87.5 Å². The third kappa shape index (κ3) is 4.36. The van der Waals surface area contributed by atoms with Crippen LogP contribution in [0.5, 0.6) is 0 Å². The molecule has 1 aliphatic heterocycles. The molecule has 0 spiro atoms. The first-order chi connectivity index (χ1) is 13.4. The number of aromatic nitrogens is 2. The predicted molar refractivity (Wildman–Crippen MR) is 107 cm³/mol. The third-order valence-electron chi connectivity index (χ3n) is 5.20. The molecule has 8 heteroatoms. The van der Waals surface area contributed by atoms with Crippen LogP contribution in [0.1, 0.15) is 48.5 Å². The number of nitrogens with zero attached hydrogens (tertiary/aromatic N) is 3. The monoisotopic (exact) mass is 404 g/mol. The largest absolute Gasteiger partial charge is 0.385 e. The number of rotatable bonds is 5. The zero-order chi connectivity index (χ0) is 20.3. The fourth-order valence-corrected chi connectivity index (χ4v) is 3.68. The van der Waals surface area contributed by atoms with Crippen LogP contribution in [0.2, 0.25) is 5.02 Å². The second-order valence-corrected chi connectivity index (χ2v) is 7.50. The molecule has 1 fully saturated rings. The summed E-state index contributed by atoms with van der Waals surface area (Å²) in [6.07, 6.45) is 4.52. The molecule has 2 aromatic rings. The molecule has 0 aliphatic carbocycles. The molecule has 0 radical (unpaired) electrons. The highest BCUT2D eigenvalue weighted by Crippen LogP contribution is 2.31. The van der Waals surface area contributed by atoms with E-state index in [1.165, 1.54) is 0 Å². The van der Waals surface area contributed by atoms with Gasteiger partial charge in [-0.1, -0.05) is 18.5 Å². The van der Waals surface area contributed by atoms with Gasteiger partial charge in [-0.25, -0.2) is 4.98 Å². The molecule has 1 aliphatic rings. The van der Waals surface area contributed by atoms with Crippen LogP contribution in [0.15, 0.2) is 30.6 Å². The molecule has 7 nitrogen and oxygen atoms in total. The van der Waals surface area contributed by atoms with Gasteiger partial charge in [0.2, 0.25) is 5.91 Å². The van der Waals surface area contributed by atoms with Crippen LogP contribution in [0, 0.1) is 5.92 Å². The number of halogens is 1. The Morgan fingerprint density at radius 2 is 2.07 bits per heavy atom. The Bertz CT molecular complexity index is 859. The van der Waals surface area contributed by atoms with Crippen LogP contribution in [-0.2, 0) is 11.8 Å². The summed E-state index contributed by atoms with van der Waals surface area (Å²) in [7, 11) is 1.86. The highest BCUT2D eigenvalue weighted by molar-refractivity contribution is 6.31. The average molecular weight is 405 g/mol. The van der Waals surface area contributed by atoms with Crippen molar-refractivity contribution in [3.05, 3.63) is 47.0 Å². The lowest BCUT2D eigenvalue weighted by Gasteiger charge is -2.34. The first-order valence-corrected chi connectivity index (χ1v) is 9.82. The van der Waals surface area contributed by atoms with Crippen LogP contribution in [-0.4, -0.2) is 44.5 Å². The van der Waals surface area contributed by atoms with Gasteiger partial charge in [-0.15, -0.1) is 0 Å². The number of aliphatic hydroxyl groups excluding tert-OH is 1. The molecule has 3 rings (SSSR count). The molecule has 2 amide bonds. The number of anilines is 1. The van der Waals surface area contributed by atoms with Crippen LogP contribution >= 0.6 is 11.6 Å². The first kappa shape index (κ1) is 20.4. The molecule has 28 heavy (non-hydrogen) atoms. The molecular formula is C20H25ClN4O3. The normalized spacial score (nSPS) is 16.1. The Hall–Kier alpha value is -2.38. The fourth-order valence-electron chi connectivity index (χ4n) is 3.51. The van der Waals surface area contributed by atoms with E-state index < -0.39 is 6.10 Å². The van der Waals surface area contributed by atoms with E-state index in [9.17, 15) is 14.7 Å². The number of hydrogen-bond acceptors (Lipinski definition) is 4. The third-order valence-corrected chi connectivity index (χ3v) is 5.44. The molecule has 1 atom stereocenters. The molecule has 0 bridgehead atoms. The predicted octanol–water partition coefficient (Wildman–Crippen LogP) is 3.01. The smallest absolute Gasteiger partial charge is 0.255 e. The molecule has 2 heterocycles. The lowest BCUT2D eigenvalue weighted by molar-refractivity contribution is -0.115. The number of carbonyl (C=O) groups excluding carboxylic acids is 2. The number of likely N-dealkylation sites (tertiary alicyclic amines) is 1. The summed E-state index contributed by atoms with van der Waals surface area (Å²) in [5.74, 6) is 0.378. The quantitative estimate of drug-likeness (QED) is 0.801. The van der Waals surface area contributed by atoms with E-state index >= 15 is 0 Å². The van der Waals surface area contributed by atoms with Crippen molar-refractivity contribution in [1.29, 1.82) is 0 Å². The summed E-state index contributed by atoms with van der Waals surface area (Å²) in [5, 5.41) is 13.8. The lowest BCUT2D eigenvalue weighted by atomic mass is 9.90. The maximum absolute atomic E-state index is 13.0. The van der Waals surface area contributed by atoms with E-state index in [1.807, 2.05) is 17.8 Å². The molecule has 1 aromatic heterocycles. The molecule has 1 aromatic carbocycles. The van der Waals surface area contributed by atoms with Crippen molar-refractivity contribution < 1.29 is 14.7 Å². The van der Waals surface area contributed by atoms with E-state index in [4.69, 9.17) is 11.6 Å². The summed E-state index contributed by atoms with van der Waals surface area (Å²) in [5.41, 5.74) is 0.855. The molecular weight excluding hydrogens is 380 g/mol. The van der Waals surface area contributed by atoms with Crippen molar-refractivity contribution in [2.75, 3.05) is 18.4 Å². The summed E-state index contributed by atoms with van der Waals surface area (Å²) < 4.78 is 1.82. The van der Waals surface area contributed by atoms with E-state index in [0.29, 0.717) is 54.4 Å². The lowest BCUT2D eigenvalue weighted by Crippen LogP contribution is -2.40. The number of benzene rings is 1. The minimum atomic E-state index is -0.646. The van der Waals surface area contributed by atoms with Crippen molar-refractivity contribution in [1.82, 2.24) is 14.5 Å². The van der Waals surface area contributed by atoms with Gasteiger partial charge in [0, 0.05) is 44.0 Å². The van der Waals surface area contributed by atoms with Crippen molar-refractivity contribution in [3.8, 4) is 0 Å². The Balaban J connectivity index is 1.68. The maximum Gasteiger partial charge on any atom is 0.255 e. The number of carbonyl (C=O) groups is 2. The van der Waals surface area contributed by atoms with Crippen molar-refractivity contribution >= 4 is 29.1 Å². The van der Waals surface area contributed by atoms with Gasteiger partial charge in [-0.05, 0) is 37.0 Å². The minimum absolute atomic E-state index is 0.0506. The SMILES string of the molecule is CCC(=O)Nc1cc(Cl)ccc1C(=O)N1CCC(C(O)c2nccn2C)CC1. The van der Waals surface area contributed by atoms with Crippen molar-refractivity contribution in [2.45, 2.75) is 32.3 Å². The Labute approximate surface area is 169 Å². The highest BCUT2D eigenvalue weighted by atomic mass is 35.5. The second-order valence-electron chi connectivity index (χ2n) is 7.06. The van der Waals surface area contributed by atoms with Gasteiger partial charge in [0.05, 0.1) is 11.3 Å². The van der Waals surface area contributed by atoms with Gasteiger partial charge in [-0.3, -0.25) is 9.59 Å². The fraction of sp³-hybridized carbons (Fsp3) is 0.450. The molecule has 150 valence electrons. The van der Waals surface area contributed by atoms with Crippen LogP contribution < -0.4 is 5.32 Å². The Morgan fingerprint density at radius 3 is 2.68 bits per heavy atom. The molecule has 2 N–H and O–H groups in total. The second kappa shape index (κ2) is 8.75. The zero-order valence-electron chi connectivity index (χ0n) is 16.1. The number of imidazole rings is 1. The molecule has 1 saturated heterocycles. The van der Waals surface area contributed by atoms with E-state index in [-0.39, 0.29) is 17.7 Å². The Morgan fingerprint density at radius 1 is 1.36 bits per heavy atom. The van der Waals surface area contributed by atoms with Gasteiger partial charge < -0.3 is 19.9 Å². The number of nitrogens with one attached hydrogen (secondary N) is 1. The van der Waals surface area contributed by atoms with Gasteiger partial charge in [0.25, 0.3) is 5.91 Å². The van der Waals surface area contributed by atoms with Crippen molar-refractivity contribution in [2.24, 2.45) is 13.0 Å². The number of amides is 2. The Kier molecular flexibility index (Phi) is 6.36.